The average Bonchev–Trinajstić information content (AvgIpc) is 2.88. The number of anilines is 1. The van der Waals surface area contributed by atoms with E-state index in [4.69, 9.17) is 4.74 Å². The number of amides is 2. The number of benzene rings is 1. The number of hydrazine groups is 1. The van der Waals surface area contributed by atoms with E-state index in [9.17, 15) is 9.59 Å². The van der Waals surface area contributed by atoms with Crippen molar-refractivity contribution < 1.29 is 14.3 Å². The molecule has 2 amide bonds. The topological polar surface area (TPSA) is 84.4 Å². The first-order chi connectivity index (χ1) is 12.5. The lowest BCUT2D eigenvalue weighted by molar-refractivity contribution is -0.135. The molecule has 1 aromatic carbocycles. The molecule has 1 aromatic heterocycles. The van der Waals surface area contributed by atoms with Gasteiger partial charge in [-0.2, -0.15) is 5.01 Å². The Morgan fingerprint density at radius 3 is 2.65 bits per heavy atom. The zero-order chi connectivity index (χ0) is 18.8. The summed E-state index contributed by atoms with van der Waals surface area (Å²) in [5, 5.41) is 1.54. The molecule has 8 heteroatoms. The number of rotatable bonds is 5. The molecule has 0 spiro atoms. The molecule has 0 unspecified atom stereocenters. The number of allylic oxidation sites excluding steroid dienone is 1. The van der Waals surface area contributed by atoms with Crippen LogP contribution in [-0.4, -0.2) is 40.2 Å². The van der Waals surface area contributed by atoms with Gasteiger partial charge in [-0.05, 0) is 32.2 Å². The Morgan fingerprint density at radius 1 is 1.31 bits per heavy atom. The van der Waals surface area contributed by atoms with Gasteiger partial charge in [0.2, 0.25) is 0 Å². The molecule has 1 N–H and O–H groups in total. The molecule has 134 valence electrons. The van der Waals surface area contributed by atoms with Crippen molar-refractivity contribution in [1.82, 2.24) is 15.0 Å². The average molecular weight is 370 g/mol. The van der Waals surface area contributed by atoms with E-state index in [1.807, 2.05) is 31.4 Å². The van der Waals surface area contributed by atoms with Crippen LogP contribution in [0, 0.1) is 0 Å². The van der Waals surface area contributed by atoms with Crippen LogP contribution >= 0.6 is 11.8 Å². The summed E-state index contributed by atoms with van der Waals surface area (Å²) in [6.07, 6.45) is 5.13. The third-order valence-corrected chi connectivity index (χ3v) is 4.78. The van der Waals surface area contributed by atoms with Gasteiger partial charge in [0.25, 0.3) is 11.8 Å². The maximum Gasteiger partial charge on any atom is 0.275 e. The zero-order valence-corrected chi connectivity index (χ0v) is 15.7. The highest BCUT2D eigenvalue weighted by atomic mass is 32.2. The van der Waals surface area contributed by atoms with E-state index >= 15 is 0 Å². The molecule has 26 heavy (non-hydrogen) atoms. The predicted molar refractivity (Wildman–Crippen MR) is 102 cm³/mol. The number of fused-ring (bicyclic) bond motifs is 1. The second-order valence-corrected chi connectivity index (χ2v) is 6.37. The van der Waals surface area contributed by atoms with Gasteiger partial charge in [0.05, 0.1) is 18.0 Å². The van der Waals surface area contributed by atoms with Crippen LogP contribution in [0.25, 0.3) is 15.8 Å². The second-order valence-electron chi connectivity index (χ2n) is 5.53. The monoisotopic (exact) mass is 370 g/mol. The van der Waals surface area contributed by atoms with E-state index in [0.29, 0.717) is 33.9 Å². The van der Waals surface area contributed by atoms with Gasteiger partial charge in [-0.1, -0.05) is 12.1 Å². The molecule has 2 heterocycles. The minimum absolute atomic E-state index is 0.334. The predicted octanol–water partition coefficient (Wildman–Crippen LogP) is 3.00. The van der Waals surface area contributed by atoms with Crippen LogP contribution in [0.15, 0.2) is 35.9 Å². The highest BCUT2D eigenvalue weighted by Gasteiger charge is 2.30. The maximum atomic E-state index is 12.2. The van der Waals surface area contributed by atoms with Gasteiger partial charge in [0.15, 0.2) is 11.6 Å². The van der Waals surface area contributed by atoms with Crippen molar-refractivity contribution in [2.75, 3.05) is 18.8 Å². The summed E-state index contributed by atoms with van der Waals surface area (Å²) < 4.78 is 5.42. The van der Waals surface area contributed by atoms with Crippen LogP contribution in [0.4, 0.5) is 5.82 Å². The molecule has 0 fully saturated rings. The first-order valence-corrected chi connectivity index (χ1v) is 9.11. The van der Waals surface area contributed by atoms with Crippen molar-refractivity contribution in [2.45, 2.75) is 13.8 Å². The number of hydrogen-bond acceptors (Lipinski definition) is 7. The Morgan fingerprint density at radius 2 is 2.08 bits per heavy atom. The standard InChI is InChI=1S/C18H18N4O3S/c1-5-13(26-4)16-19-11-7-6-8-12(25-3)15(11)17(20-16)21-22-14(23)9-10(2)18(22)24/h5-9H,1-4H3,(H,19,20,21)/b13-5-. The fourth-order valence-corrected chi connectivity index (χ4v) is 3.16. The molecule has 0 bridgehead atoms. The number of thioether (sulfide) groups is 1. The van der Waals surface area contributed by atoms with E-state index in [1.165, 1.54) is 17.8 Å². The van der Waals surface area contributed by atoms with Crippen LogP contribution in [0.1, 0.15) is 19.7 Å². The number of carbonyl (C=O) groups is 2. The van der Waals surface area contributed by atoms with E-state index < -0.39 is 11.8 Å². The normalized spacial score (nSPS) is 14.8. The Hall–Kier alpha value is -2.87. The molecule has 0 saturated carbocycles. The molecule has 0 atom stereocenters. The number of imide groups is 1. The molecule has 0 radical (unpaired) electrons. The summed E-state index contributed by atoms with van der Waals surface area (Å²) in [6.45, 7) is 3.50. The van der Waals surface area contributed by atoms with Crippen LogP contribution in [0.5, 0.6) is 5.75 Å². The SMILES string of the molecule is C/C=C(\SC)c1nc(NN2C(=O)C=C(C)C2=O)c2c(OC)cccc2n1. The van der Waals surface area contributed by atoms with Crippen LogP contribution in [0.3, 0.4) is 0 Å². The largest absolute Gasteiger partial charge is 0.496 e. The van der Waals surface area contributed by atoms with E-state index in [2.05, 4.69) is 15.4 Å². The highest BCUT2D eigenvalue weighted by Crippen LogP contribution is 2.33. The number of carbonyl (C=O) groups excluding carboxylic acids is 2. The molecule has 1 aliphatic heterocycles. The van der Waals surface area contributed by atoms with Crippen LogP contribution < -0.4 is 10.2 Å². The number of hydrogen-bond donors (Lipinski definition) is 1. The Kier molecular flexibility index (Phi) is 4.94. The van der Waals surface area contributed by atoms with Gasteiger partial charge in [-0.25, -0.2) is 9.97 Å². The van der Waals surface area contributed by atoms with Gasteiger partial charge in [-0.15, -0.1) is 11.8 Å². The summed E-state index contributed by atoms with van der Waals surface area (Å²) in [7, 11) is 1.55. The van der Waals surface area contributed by atoms with Crippen molar-refractivity contribution in [2.24, 2.45) is 0 Å². The smallest absolute Gasteiger partial charge is 0.275 e. The lowest BCUT2D eigenvalue weighted by Gasteiger charge is -2.19. The van der Waals surface area contributed by atoms with Crippen molar-refractivity contribution >= 4 is 45.2 Å². The molecule has 7 nitrogen and oxygen atoms in total. The summed E-state index contributed by atoms with van der Waals surface area (Å²) in [5.74, 6) is 0.542. The van der Waals surface area contributed by atoms with Crippen LogP contribution in [0.2, 0.25) is 0 Å². The first kappa shape index (κ1) is 17.9. The van der Waals surface area contributed by atoms with Gasteiger partial charge in [0.1, 0.15) is 5.75 Å². The maximum absolute atomic E-state index is 12.2. The lowest BCUT2D eigenvalue weighted by Crippen LogP contribution is -2.36. The fourth-order valence-electron chi connectivity index (χ4n) is 2.65. The number of nitrogens with one attached hydrogen (secondary N) is 1. The van der Waals surface area contributed by atoms with Crippen molar-refractivity contribution in [3.63, 3.8) is 0 Å². The van der Waals surface area contributed by atoms with Gasteiger partial charge < -0.3 is 4.74 Å². The summed E-state index contributed by atoms with van der Waals surface area (Å²) in [4.78, 5) is 34.3. The third kappa shape index (κ3) is 3.03. The zero-order valence-electron chi connectivity index (χ0n) is 14.9. The van der Waals surface area contributed by atoms with Crippen molar-refractivity contribution in [1.29, 1.82) is 0 Å². The molecule has 0 saturated heterocycles. The fraction of sp³-hybridized carbons (Fsp3) is 0.222. The van der Waals surface area contributed by atoms with Crippen molar-refractivity contribution in [3.05, 3.63) is 41.7 Å². The molecule has 2 aromatic rings. The molecule has 0 aliphatic carbocycles. The Labute approximate surface area is 155 Å². The number of aromatic nitrogens is 2. The molecule has 3 rings (SSSR count). The third-order valence-electron chi connectivity index (χ3n) is 3.93. The number of nitrogens with zero attached hydrogens (tertiary/aromatic N) is 3. The number of ether oxygens (including phenoxy) is 1. The van der Waals surface area contributed by atoms with Gasteiger partial charge >= 0.3 is 0 Å². The van der Waals surface area contributed by atoms with Gasteiger partial charge in [-0.3, -0.25) is 15.0 Å². The van der Waals surface area contributed by atoms with E-state index in [-0.39, 0.29) is 0 Å². The minimum atomic E-state index is -0.438. The second kappa shape index (κ2) is 7.17. The summed E-state index contributed by atoms with van der Waals surface area (Å²) >= 11 is 1.51. The van der Waals surface area contributed by atoms with Crippen LogP contribution in [-0.2, 0) is 9.59 Å². The minimum Gasteiger partial charge on any atom is -0.496 e. The van der Waals surface area contributed by atoms with Gasteiger partial charge in [0, 0.05) is 16.6 Å². The van der Waals surface area contributed by atoms with Crippen molar-refractivity contribution in [3.8, 4) is 5.75 Å². The lowest BCUT2D eigenvalue weighted by atomic mass is 10.2. The Bertz CT molecular complexity index is 968. The molecular formula is C18H18N4O3S. The molecular weight excluding hydrogens is 352 g/mol. The molecule has 1 aliphatic rings. The highest BCUT2D eigenvalue weighted by molar-refractivity contribution is 8.07. The number of methoxy groups -OCH3 is 1. The van der Waals surface area contributed by atoms with E-state index in [1.54, 1.807) is 20.1 Å². The first-order valence-electron chi connectivity index (χ1n) is 7.89. The summed E-state index contributed by atoms with van der Waals surface area (Å²) in [6, 6.07) is 5.44. The van der Waals surface area contributed by atoms with E-state index in [0.717, 1.165) is 9.91 Å². The summed E-state index contributed by atoms with van der Waals surface area (Å²) in [5.41, 5.74) is 3.86. The quantitative estimate of drug-likeness (QED) is 0.810. The Balaban J connectivity index is 2.18.